The lowest BCUT2D eigenvalue weighted by Crippen LogP contribution is -2.43. The Morgan fingerprint density at radius 2 is 2.03 bits per heavy atom. The van der Waals surface area contributed by atoms with E-state index >= 15 is 0 Å². The highest BCUT2D eigenvalue weighted by atomic mass is 32.1. The Kier molecular flexibility index (Phi) is 5.13. The van der Waals surface area contributed by atoms with Crippen molar-refractivity contribution in [1.82, 2.24) is 15.2 Å². The largest absolute Gasteiger partial charge is 0.467 e. The molecule has 2 atom stereocenters. The van der Waals surface area contributed by atoms with Gasteiger partial charge in [0.15, 0.2) is 0 Å². The first-order chi connectivity index (χ1) is 15.9. The van der Waals surface area contributed by atoms with Crippen molar-refractivity contribution in [3.8, 4) is 0 Å². The molecular weight excluding hydrogens is 440 g/mol. The number of furan rings is 1. The summed E-state index contributed by atoms with van der Waals surface area (Å²) in [6.45, 7) is 3.13. The van der Waals surface area contributed by atoms with E-state index in [1.807, 2.05) is 48.7 Å². The molecule has 9 heteroatoms. The highest BCUT2D eigenvalue weighted by Crippen LogP contribution is 2.35. The van der Waals surface area contributed by atoms with Gasteiger partial charge in [0, 0.05) is 6.42 Å². The molecule has 3 aromatic rings. The van der Waals surface area contributed by atoms with Crippen molar-refractivity contribution in [1.29, 1.82) is 0 Å². The van der Waals surface area contributed by atoms with Gasteiger partial charge in [-0.05, 0) is 48.6 Å². The molecule has 0 spiro atoms. The zero-order valence-corrected chi connectivity index (χ0v) is 19.0. The minimum atomic E-state index is -1.24. The van der Waals surface area contributed by atoms with E-state index in [0.717, 1.165) is 21.1 Å². The van der Waals surface area contributed by atoms with Crippen LogP contribution >= 0.6 is 11.3 Å². The molecule has 4 amide bonds. The van der Waals surface area contributed by atoms with Crippen LogP contribution in [0.2, 0.25) is 0 Å². The number of hydrogen-bond acceptors (Lipinski definition) is 6. The predicted molar refractivity (Wildman–Crippen MR) is 123 cm³/mol. The minimum absolute atomic E-state index is 0.412. The Morgan fingerprint density at radius 3 is 2.73 bits per heavy atom. The Bertz CT molecular complexity index is 1250. The van der Waals surface area contributed by atoms with Crippen LogP contribution in [0.1, 0.15) is 41.2 Å². The maximum atomic E-state index is 13.3. The van der Waals surface area contributed by atoms with Crippen LogP contribution in [-0.2, 0) is 15.1 Å². The van der Waals surface area contributed by atoms with Crippen LogP contribution in [0.15, 0.2) is 69.7 Å². The lowest BCUT2D eigenvalue weighted by Gasteiger charge is -2.25. The molecule has 1 aromatic carbocycles. The molecule has 0 aliphatic carbocycles. The van der Waals surface area contributed by atoms with Crippen LogP contribution in [0, 0.1) is 6.92 Å². The van der Waals surface area contributed by atoms with Crippen LogP contribution in [0.4, 0.5) is 4.79 Å². The first-order valence-corrected chi connectivity index (χ1v) is 11.4. The summed E-state index contributed by atoms with van der Waals surface area (Å²) in [6, 6.07) is 13.8. The lowest BCUT2D eigenvalue weighted by atomic mass is 9.88. The summed E-state index contributed by atoms with van der Waals surface area (Å²) in [5.74, 6) is -0.326. The molecule has 168 valence electrons. The van der Waals surface area contributed by atoms with Gasteiger partial charge in [-0.1, -0.05) is 30.3 Å². The maximum absolute atomic E-state index is 13.3. The summed E-state index contributed by atoms with van der Waals surface area (Å²) in [5, 5.41) is 10.6. The third-order valence-corrected chi connectivity index (χ3v) is 7.01. The van der Waals surface area contributed by atoms with Crippen molar-refractivity contribution >= 4 is 34.9 Å². The first kappa shape index (κ1) is 21.1. The van der Waals surface area contributed by atoms with Crippen LogP contribution in [0.25, 0.3) is 0 Å². The van der Waals surface area contributed by atoms with Gasteiger partial charge in [-0.25, -0.2) is 9.80 Å². The normalized spacial score (nSPS) is 22.6. The fraction of sp³-hybridized carbons (Fsp3) is 0.250. The molecule has 2 unspecified atom stereocenters. The number of aryl methyl sites for hydroxylation is 1. The monoisotopic (exact) mass is 462 g/mol. The van der Waals surface area contributed by atoms with Crippen molar-refractivity contribution in [3.05, 3.63) is 81.9 Å². The SMILES string of the molecule is Cc1ccccc1C1(C)NC(=O)N(CC(=O)N2N=C(c3cccs3)CC2c2ccco2)C1=O. The van der Waals surface area contributed by atoms with Gasteiger partial charge in [-0.2, -0.15) is 5.10 Å². The number of urea groups is 1. The van der Waals surface area contributed by atoms with E-state index in [-0.39, 0.29) is 0 Å². The second-order valence-corrected chi connectivity index (χ2v) is 9.21. The van der Waals surface area contributed by atoms with Gasteiger partial charge in [-0.15, -0.1) is 11.3 Å². The Labute approximate surface area is 194 Å². The van der Waals surface area contributed by atoms with E-state index in [9.17, 15) is 14.4 Å². The van der Waals surface area contributed by atoms with E-state index < -0.39 is 36.0 Å². The molecule has 2 aliphatic heterocycles. The number of hydrazone groups is 1. The fourth-order valence-electron chi connectivity index (χ4n) is 4.40. The quantitative estimate of drug-likeness (QED) is 0.584. The highest BCUT2D eigenvalue weighted by molar-refractivity contribution is 7.12. The van der Waals surface area contributed by atoms with Gasteiger partial charge >= 0.3 is 6.03 Å². The van der Waals surface area contributed by atoms with Crippen LogP contribution < -0.4 is 5.32 Å². The summed E-state index contributed by atoms with van der Waals surface area (Å²) in [4.78, 5) is 41.3. The number of carbonyl (C=O) groups excluding carboxylic acids is 3. The molecule has 1 N–H and O–H groups in total. The number of rotatable bonds is 5. The molecule has 8 nitrogen and oxygen atoms in total. The summed E-state index contributed by atoms with van der Waals surface area (Å²) in [5.41, 5.74) is 1.11. The summed E-state index contributed by atoms with van der Waals surface area (Å²) >= 11 is 1.54. The number of imide groups is 1. The summed E-state index contributed by atoms with van der Waals surface area (Å²) < 4.78 is 5.56. The zero-order valence-electron chi connectivity index (χ0n) is 18.1. The zero-order chi connectivity index (χ0) is 23.2. The molecule has 0 saturated carbocycles. The Balaban J connectivity index is 1.41. The average molecular weight is 463 g/mol. The molecule has 0 bridgehead atoms. The fourth-order valence-corrected chi connectivity index (χ4v) is 5.12. The van der Waals surface area contributed by atoms with Gasteiger partial charge in [0.05, 0.1) is 16.9 Å². The number of carbonyl (C=O) groups is 3. The Hall–Kier alpha value is -3.72. The molecule has 0 radical (unpaired) electrons. The molecule has 2 aromatic heterocycles. The van der Waals surface area contributed by atoms with Crippen molar-refractivity contribution < 1.29 is 18.8 Å². The first-order valence-electron chi connectivity index (χ1n) is 10.6. The smallest absolute Gasteiger partial charge is 0.325 e. The number of amides is 4. The van der Waals surface area contributed by atoms with Crippen LogP contribution in [-0.4, -0.2) is 40.0 Å². The topological polar surface area (TPSA) is 95.2 Å². The number of nitrogens with one attached hydrogen (secondary N) is 1. The molecule has 1 fully saturated rings. The van der Waals surface area contributed by atoms with E-state index in [0.29, 0.717) is 17.7 Å². The molecule has 2 aliphatic rings. The number of hydrogen-bond donors (Lipinski definition) is 1. The minimum Gasteiger partial charge on any atom is -0.467 e. The summed E-state index contributed by atoms with van der Waals surface area (Å²) in [7, 11) is 0. The van der Waals surface area contributed by atoms with E-state index in [1.54, 1.807) is 25.3 Å². The second kappa shape index (κ2) is 8.00. The maximum Gasteiger partial charge on any atom is 0.325 e. The number of nitrogens with zero attached hydrogens (tertiary/aromatic N) is 3. The molecule has 5 rings (SSSR count). The number of thiophene rings is 1. The third-order valence-electron chi connectivity index (χ3n) is 6.10. The highest BCUT2D eigenvalue weighted by Gasteiger charge is 2.50. The van der Waals surface area contributed by atoms with E-state index in [4.69, 9.17) is 4.42 Å². The van der Waals surface area contributed by atoms with Gasteiger partial charge < -0.3 is 9.73 Å². The van der Waals surface area contributed by atoms with Crippen molar-refractivity contribution in [2.75, 3.05) is 6.54 Å². The van der Waals surface area contributed by atoms with Crippen LogP contribution in [0.5, 0.6) is 0 Å². The van der Waals surface area contributed by atoms with E-state index in [2.05, 4.69) is 10.4 Å². The standard InChI is InChI=1S/C24H22N4O4S/c1-15-7-3-4-8-16(15)24(2)22(30)27(23(31)25-24)14-21(29)28-18(19-9-5-11-32-19)13-17(26-28)20-10-6-12-33-20/h3-12,18H,13-14H2,1-2H3,(H,25,31). The van der Waals surface area contributed by atoms with Crippen LogP contribution in [0.3, 0.4) is 0 Å². The van der Waals surface area contributed by atoms with Gasteiger partial charge in [-0.3, -0.25) is 14.5 Å². The van der Waals surface area contributed by atoms with Gasteiger partial charge in [0.1, 0.15) is 23.9 Å². The molecular formula is C24H22N4O4S. The molecule has 4 heterocycles. The van der Waals surface area contributed by atoms with Crippen molar-refractivity contribution in [2.24, 2.45) is 5.10 Å². The lowest BCUT2D eigenvalue weighted by molar-refractivity contribution is -0.140. The summed E-state index contributed by atoms with van der Waals surface area (Å²) in [6.07, 6.45) is 2.03. The molecule has 1 saturated heterocycles. The van der Waals surface area contributed by atoms with Gasteiger partial charge in [0.25, 0.3) is 11.8 Å². The van der Waals surface area contributed by atoms with Gasteiger partial charge in [0.2, 0.25) is 0 Å². The van der Waals surface area contributed by atoms with Crippen molar-refractivity contribution in [2.45, 2.75) is 31.8 Å². The molecule has 33 heavy (non-hydrogen) atoms. The predicted octanol–water partition coefficient (Wildman–Crippen LogP) is 3.79. The van der Waals surface area contributed by atoms with E-state index in [1.165, 1.54) is 16.3 Å². The third kappa shape index (κ3) is 3.54. The second-order valence-electron chi connectivity index (χ2n) is 8.26. The number of benzene rings is 1. The Morgan fingerprint density at radius 1 is 1.21 bits per heavy atom. The average Bonchev–Trinajstić information content (AvgIpc) is 3.58. The van der Waals surface area contributed by atoms with Crippen molar-refractivity contribution in [3.63, 3.8) is 0 Å².